The van der Waals surface area contributed by atoms with Crippen LogP contribution in [0.25, 0.3) is 0 Å². The molecule has 37 heavy (non-hydrogen) atoms. The van der Waals surface area contributed by atoms with E-state index >= 15 is 0 Å². The Morgan fingerprint density at radius 2 is 1.81 bits per heavy atom. The van der Waals surface area contributed by atoms with Gasteiger partial charge in [-0.2, -0.15) is 0 Å². The zero-order valence-electron chi connectivity index (χ0n) is 20.4. The van der Waals surface area contributed by atoms with E-state index in [0.717, 1.165) is 10.5 Å². The van der Waals surface area contributed by atoms with Crippen LogP contribution in [0.5, 0.6) is 5.75 Å². The van der Waals surface area contributed by atoms with Crippen LogP contribution in [0.4, 0.5) is 0 Å². The number of nitrogens with zero attached hydrogens (tertiary/aromatic N) is 1. The standard InChI is InChI=1S/C25H31N3O8S/c1-36-20-8-10-21(11-9-20)37(34,35)25(26)16-19(24(31)32)13-14-28(25)22(29)12-7-18(23(30)27-33)15-17-5-3-2-4-6-17/h2-6,8-11,18-19,33H,7,12-16,26H2,1H3,(H,27,30)(H,31,32). The number of sulfone groups is 1. The molecule has 5 N–H and O–H groups in total. The number of benzene rings is 2. The first kappa shape index (κ1) is 28.1. The largest absolute Gasteiger partial charge is 0.497 e. The van der Waals surface area contributed by atoms with Crippen molar-refractivity contribution in [1.29, 1.82) is 0 Å². The summed E-state index contributed by atoms with van der Waals surface area (Å²) in [6.45, 7) is -0.183. The molecule has 1 aliphatic rings. The predicted octanol–water partition coefficient (Wildman–Crippen LogP) is 1.55. The van der Waals surface area contributed by atoms with Gasteiger partial charge < -0.3 is 14.7 Å². The number of nitrogens with one attached hydrogen (secondary N) is 1. The van der Waals surface area contributed by atoms with Crippen molar-refractivity contribution >= 4 is 27.6 Å². The molecule has 1 saturated heterocycles. The number of ether oxygens (including phenoxy) is 1. The van der Waals surface area contributed by atoms with Crippen molar-refractivity contribution in [1.82, 2.24) is 10.4 Å². The SMILES string of the molecule is COc1ccc(S(=O)(=O)C2(N)CC(C(=O)O)CCN2C(=O)CCC(Cc2ccccc2)C(=O)NO)cc1. The second-order valence-corrected chi connectivity index (χ2v) is 11.2. The molecule has 0 spiro atoms. The zero-order chi connectivity index (χ0) is 27.2. The molecular weight excluding hydrogens is 502 g/mol. The van der Waals surface area contributed by atoms with Gasteiger partial charge in [-0.15, -0.1) is 0 Å². The van der Waals surface area contributed by atoms with Crippen LogP contribution < -0.4 is 16.0 Å². The molecule has 200 valence electrons. The molecule has 0 bridgehead atoms. The van der Waals surface area contributed by atoms with E-state index in [9.17, 15) is 33.1 Å². The highest BCUT2D eigenvalue weighted by Gasteiger charge is 2.53. The number of carbonyl (C=O) groups is 3. The molecule has 3 atom stereocenters. The van der Waals surface area contributed by atoms with Crippen LogP contribution >= 0.6 is 0 Å². The molecule has 12 heteroatoms. The summed E-state index contributed by atoms with van der Waals surface area (Å²) in [7, 11) is -2.98. The monoisotopic (exact) mass is 533 g/mol. The molecular formula is C25H31N3O8S. The molecule has 1 aliphatic heterocycles. The second-order valence-electron chi connectivity index (χ2n) is 9.00. The Morgan fingerprint density at radius 1 is 1.16 bits per heavy atom. The summed E-state index contributed by atoms with van der Waals surface area (Å²) >= 11 is 0. The van der Waals surface area contributed by atoms with E-state index in [0.29, 0.717) is 5.75 Å². The lowest BCUT2D eigenvalue weighted by atomic mass is 9.92. The van der Waals surface area contributed by atoms with Gasteiger partial charge in [-0.25, -0.2) is 13.9 Å². The van der Waals surface area contributed by atoms with Crippen LogP contribution in [-0.2, 0) is 30.6 Å². The number of aliphatic carboxylic acids is 1. The van der Waals surface area contributed by atoms with Gasteiger partial charge in [0.05, 0.1) is 17.9 Å². The van der Waals surface area contributed by atoms with Gasteiger partial charge in [-0.05, 0) is 49.1 Å². The van der Waals surface area contributed by atoms with Crippen LogP contribution in [0, 0.1) is 11.8 Å². The molecule has 1 heterocycles. The zero-order valence-corrected chi connectivity index (χ0v) is 21.2. The maximum Gasteiger partial charge on any atom is 0.306 e. The minimum atomic E-state index is -4.41. The average molecular weight is 534 g/mol. The van der Waals surface area contributed by atoms with Crippen LogP contribution in [0.3, 0.4) is 0 Å². The first-order valence-electron chi connectivity index (χ1n) is 11.7. The number of hydroxylamine groups is 1. The Morgan fingerprint density at radius 3 is 2.38 bits per heavy atom. The number of hydrogen-bond acceptors (Lipinski definition) is 8. The Balaban J connectivity index is 1.87. The van der Waals surface area contributed by atoms with E-state index in [4.69, 9.17) is 10.5 Å². The number of amides is 2. The summed E-state index contributed by atoms with van der Waals surface area (Å²) in [5, 5.41) is 18.7. The highest BCUT2D eigenvalue weighted by atomic mass is 32.2. The Labute approximate surface area is 215 Å². The van der Waals surface area contributed by atoms with E-state index in [2.05, 4.69) is 0 Å². The number of nitrogens with two attached hydrogens (primary N) is 1. The molecule has 2 aromatic carbocycles. The van der Waals surface area contributed by atoms with Crippen molar-refractivity contribution in [3.05, 3.63) is 60.2 Å². The van der Waals surface area contributed by atoms with Crippen molar-refractivity contribution in [2.24, 2.45) is 17.6 Å². The third-order valence-corrected chi connectivity index (χ3v) is 8.91. The fourth-order valence-corrected chi connectivity index (χ4v) is 6.35. The number of carboxylic acid groups (broad SMARTS) is 1. The number of hydrogen-bond donors (Lipinski definition) is 4. The topological polar surface area (TPSA) is 176 Å². The summed E-state index contributed by atoms with van der Waals surface area (Å²) in [6.07, 6.45) is -0.438. The predicted molar refractivity (Wildman–Crippen MR) is 132 cm³/mol. The molecule has 3 unspecified atom stereocenters. The Bertz CT molecular complexity index is 1220. The number of methoxy groups -OCH3 is 1. The van der Waals surface area contributed by atoms with Gasteiger partial charge in [-0.1, -0.05) is 30.3 Å². The first-order valence-corrected chi connectivity index (χ1v) is 13.2. The van der Waals surface area contributed by atoms with Gasteiger partial charge in [0, 0.05) is 25.3 Å². The third-order valence-electron chi connectivity index (χ3n) is 6.69. The van der Waals surface area contributed by atoms with E-state index in [1.54, 1.807) is 17.6 Å². The van der Waals surface area contributed by atoms with Gasteiger partial charge in [-0.3, -0.25) is 25.3 Å². The van der Waals surface area contributed by atoms with Crippen molar-refractivity contribution < 1.29 is 37.9 Å². The molecule has 1 fully saturated rings. The molecule has 0 saturated carbocycles. The maximum atomic E-state index is 13.7. The van der Waals surface area contributed by atoms with E-state index in [1.165, 1.54) is 31.4 Å². The van der Waals surface area contributed by atoms with Crippen molar-refractivity contribution in [2.75, 3.05) is 13.7 Å². The lowest BCUT2D eigenvalue weighted by Crippen LogP contribution is -2.67. The van der Waals surface area contributed by atoms with Gasteiger partial charge in [0.1, 0.15) is 5.75 Å². The molecule has 11 nitrogen and oxygen atoms in total. The number of rotatable bonds is 10. The molecule has 0 aliphatic carbocycles. The lowest BCUT2D eigenvalue weighted by Gasteiger charge is -2.45. The highest BCUT2D eigenvalue weighted by molar-refractivity contribution is 7.92. The Hall–Kier alpha value is -3.48. The number of piperidine rings is 1. The number of carbonyl (C=O) groups excluding carboxylic acids is 2. The van der Waals surface area contributed by atoms with Gasteiger partial charge in [0.2, 0.25) is 26.6 Å². The van der Waals surface area contributed by atoms with Crippen molar-refractivity contribution in [3.8, 4) is 5.75 Å². The van der Waals surface area contributed by atoms with Crippen molar-refractivity contribution in [2.45, 2.75) is 42.0 Å². The van der Waals surface area contributed by atoms with Gasteiger partial charge >= 0.3 is 5.97 Å². The summed E-state index contributed by atoms with van der Waals surface area (Å²) in [5.74, 6) is -3.92. The first-order chi connectivity index (χ1) is 17.5. The third kappa shape index (κ3) is 6.09. The summed E-state index contributed by atoms with van der Waals surface area (Å²) in [4.78, 5) is 35.9. The lowest BCUT2D eigenvalue weighted by molar-refractivity contribution is -0.149. The van der Waals surface area contributed by atoms with Crippen molar-refractivity contribution in [3.63, 3.8) is 0 Å². The van der Waals surface area contributed by atoms with Gasteiger partial charge in [0.15, 0.2) is 0 Å². The number of carboxylic acids is 1. The van der Waals surface area contributed by atoms with Gasteiger partial charge in [0.25, 0.3) is 0 Å². The summed E-state index contributed by atoms with van der Waals surface area (Å²) in [6, 6.07) is 14.5. The fraction of sp³-hybridized carbons (Fsp3) is 0.400. The Kier molecular flexibility index (Phi) is 8.89. The van der Waals surface area contributed by atoms with Crippen LogP contribution in [-0.4, -0.2) is 60.1 Å². The average Bonchev–Trinajstić information content (AvgIpc) is 2.90. The summed E-state index contributed by atoms with van der Waals surface area (Å²) < 4.78 is 32.4. The normalized spacial score (nSPS) is 20.6. The van der Waals surface area contributed by atoms with E-state index in [1.807, 2.05) is 18.2 Å². The quantitative estimate of drug-likeness (QED) is 0.261. The molecule has 0 aromatic heterocycles. The molecule has 3 rings (SSSR count). The molecule has 2 amide bonds. The maximum absolute atomic E-state index is 13.7. The van der Waals surface area contributed by atoms with Crippen LogP contribution in [0.2, 0.25) is 0 Å². The van der Waals surface area contributed by atoms with E-state index < -0.39 is 50.9 Å². The molecule has 2 aromatic rings. The molecule has 0 radical (unpaired) electrons. The van der Waals surface area contributed by atoms with Crippen LogP contribution in [0.15, 0.2) is 59.5 Å². The number of likely N-dealkylation sites (tertiary alicyclic amines) is 1. The van der Waals surface area contributed by atoms with Crippen LogP contribution in [0.1, 0.15) is 31.2 Å². The van der Waals surface area contributed by atoms with E-state index in [-0.39, 0.29) is 37.1 Å². The smallest absolute Gasteiger partial charge is 0.306 e. The minimum absolute atomic E-state index is 0.0116. The fourth-order valence-electron chi connectivity index (χ4n) is 4.55. The highest BCUT2D eigenvalue weighted by Crippen LogP contribution is 2.37. The minimum Gasteiger partial charge on any atom is -0.497 e. The second kappa shape index (κ2) is 11.7. The summed E-state index contributed by atoms with van der Waals surface area (Å²) in [5.41, 5.74) is 8.87.